The molecule has 2 saturated heterocycles. The molecule has 0 bridgehead atoms. The van der Waals surface area contributed by atoms with Crippen LogP contribution >= 0.6 is 11.8 Å². The van der Waals surface area contributed by atoms with Crippen molar-refractivity contribution in [1.29, 1.82) is 0 Å². The van der Waals surface area contributed by atoms with E-state index in [2.05, 4.69) is 37.4 Å². The van der Waals surface area contributed by atoms with Gasteiger partial charge in [-0.05, 0) is 38.3 Å². The van der Waals surface area contributed by atoms with Gasteiger partial charge >= 0.3 is 0 Å². The number of benzene rings is 1. The first-order valence-electron chi connectivity index (χ1n) is 9.02. The van der Waals surface area contributed by atoms with Crippen LogP contribution in [0.4, 0.5) is 0 Å². The lowest BCUT2D eigenvalue weighted by molar-refractivity contribution is -0.139. The maximum Gasteiger partial charge on any atom is 0.236 e. The van der Waals surface area contributed by atoms with Crippen LogP contribution in [0, 0.1) is 13.8 Å². The summed E-state index contributed by atoms with van der Waals surface area (Å²) in [5, 5.41) is 3.11. The van der Waals surface area contributed by atoms with Crippen molar-refractivity contribution in [2.75, 3.05) is 38.5 Å². The van der Waals surface area contributed by atoms with Crippen LogP contribution in [0.3, 0.4) is 0 Å². The third kappa shape index (κ3) is 4.55. The smallest absolute Gasteiger partial charge is 0.236 e. The molecule has 1 aromatic rings. The Hall–Kier alpha value is -1.53. The van der Waals surface area contributed by atoms with Gasteiger partial charge in [0.2, 0.25) is 11.8 Å². The van der Waals surface area contributed by atoms with Crippen LogP contribution in [0.15, 0.2) is 23.1 Å². The molecule has 25 heavy (non-hydrogen) atoms. The Morgan fingerprint density at radius 1 is 1.32 bits per heavy atom. The summed E-state index contributed by atoms with van der Waals surface area (Å²) in [6.45, 7) is 7.67. The van der Waals surface area contributed by atoms with Crippen LogP contribution in [0.2, 0.25) is 0 Å². The molecule has 1 aromatic carbocycles. The Labute approximate surface area is 154 Å². The first kappa shape index (κ1) is 18.3. The van der Waals surface area contributed by atoms with E-state index in [9.17, 15) is 9.59 Å². The average molecular weight is 362 g/mol. The molecule has 0 saturated carbocycles. The Morgan fingerprint density at radius 3 is 2.96 bits per heavy atom. The second-order valence-corrected chi connectivity index (χ2v) is 7.97. The number of carbonyl (C=O) groups excluding carboxylic acids is 2. The number of thioether (sulfide) groups is 1. The Kier molecular flexibility index (Phi) is 6.02. The molecule has 136 valence electrons. The highest BCUT2D eigenvalue weighted by Gasteiger charge is 2.31. The van der Waals surface area contributed by atoms with Gasteiger partial charge in [-0.2, -0.15) is 0 Å². The molecule has 2 aliphatic rings. The SMILES string of the molecule is Cc1ccc(C)c(SCC(=O)N2CCCC(N3CCNCC3=O)C2)c1. The van der Waals surface area contributed by atoms with Gasteiger partial charge in [-0.15, -0.1) is 11.8 Å². The number of rotatable bonds is 4. The molecule has 2 aliphatic heterocycles. The zero-order chi connectivity index (χ0) is 17.8. The van der Waals surface area contributed by atoms with Crippen molar-refractivity contribution in [2.45, 2.75) is 37.6 Å². The number of hydrogen-bond acceptors (Lipinski definition) is 4. The molecule has 3 rings (SSSR count). The Morgan fingerprint density at radius 2 is 2.16 bits per heavy atom. The summed E-state index contributed by atoms with van der Waals surface area (Å²) < 4.78 is 0. The molecule has 0 spiro atoms. The Bertz CT molecular complexity index is 650. The summed E-state index contributed by atoms with van der Waals surface area (Å²) in [6, 6.07) is 6.53. The van der Waals surface area contributed by atoms with Crippen molar-refractivity contribution in [3.8, 4) is 0 Å². The van der Waals surface area contributed by atoms with Crippen LogP contribution in [0.1, 0.15) is 24.0 Å². The van der Waals surface area contributed by atoms with E-state index in [4.69, 9.17) is 0 Å². The van der Waals surface area contributed by atoms with Crippen LogP contribution in [0.25, 0.3) is 0 Å². The predicted octanol–water partition coefficient (Wildman–Crippen LogP) is 1.82. The van der Waals surface area contributed by atoms with E-state index >= 15 is 0 Å². The molecule has 1 N–H and O–H groups in total. The zero-order valence-corrected chi connectivity index (χ0v) is 15.9. The van der Waals surface area contributed by atoms with Crippen molar-refractivity contribution in [1.82, 2.24) is 15.1 Å². The van der Waals surface area contributed by atoms with Gasteiger partial charge in [0.25, 0.3) is 0 Å². The summed E-state index contributed by atoms with van der Waals surface area (Å²) in [7, 11) is 0. The van der Waals surface area contributed by atoms with Crippen molar-refractivity contribution < 1.29 is 9.59 Å². The molecule has 1 unspecified atom stereocenters. The fraction of sp³-hybridized carbons (Fsp3) is 0.579. The minimum atomic E-state index is 0.162. The average Bonchev–Trinajstić information content (AvgIpc) is 2.62. The molecule has 2 fully saturated rings. The normalized spacial score (nSPS) is 21.5. The molecule has 0 aliphatic carbocycles. The quantitative estimate of drug-likeness (QED) is 0.831. The first-order valence-corrected chi connectivity index (χ1v) is 10.0. The predicted molar refractivity (Wildman–Crippen MR) is 101 cm³/mol. The molecule has 6 heteroatoms. The summed E-state index contributed by atoms with van der Waals surface area (Å²) in [4.78, 5) is 29.9. The van der Waals surface area contributed by atoms with Crippen molar-refractivity contribution in [3.05, 3.63) is 29.3 Å². The van der Waals surface area contributed by atoms with Gasteiger partial charge in [-0.3, -0.25) is 9.59 Å². The number of hydrogen-bond donors (Lipinski definition) is 1. The summed E-state index contributed by atoms with van der Waals surface area (Å²) >= 11 is 1.62. The third-order valence-corrected chi connectivity index (χ3v) is 6.15. The number of piperidine rings is 1. The molecule has 0 aromatic heterocycles. The van der Waals surface area contributed by atoms with Gasteiger partial charge < -0.3 is 15.1 Å². The van der Waals surface area contributed by atoms with Crippen molar-refractivity contribution in [3.63, 3.8) is 0 Å². The standard InChI is InChI=1S/C19H27N3O2S/c1-14-5-6-15(2)17(10-14)25-13-19(24)21-8-3-4-16(12-21)22-9-7-20-11-18(22)23/h5-6,10,16,20H,3-4,7-9,11-13H2,1-2H3. The first-order chi connectivity index (χ1) is 12.0. The molecule has 1 atom stereocenters. The van der Waals surface area contributed by atoms with E-state index in [-0.39, 0.29) is 17.9 Å². The molecular weight excluding hydrogens is 334 g/mol. The maximum atomic E-state index is 12.7. The number of amides is 2. The largest absolute Gasteiger partial charge is 0.340 e. The van der Waals surface area contributed by atoms with Gasteiger partial charge in [-0.25, -0.2) is 0 Å². The fourth-order valence-electron chi connectivity index (χ4n) is 3.54. The molecular formula is C19H27N3O2S. The van der Waals surface area contributed by atoms with E-state index in [0.717, 1.165) is 32.5 Å². The highest BCUT2D eigenvalue weighted by Crippen LogP contribution is 2.25. The second-order valence-electron chi connectivity index (χ2n) is 6.96. The minimum Gasteiger partial charge on any atom is -0.340 e. The zero-order valence-electron chi connectivity index (χ0n) is 15.1. The molecule has 2 amide bonds. The van der Waals surface area contributed by atoms with Gasteiger partial charge in [0, 0.05) is 37.1 Å². The number of likely N-dealkylation sites (tertiary alicyclic amines) is 1. The lowest BCUT2D eigenvalue weighted by Crippen LogP contribution is -2.57. The van der Waals surface area contributed by atoms with Gasteiger partial charge in [0.1, 0.15) is 0 Å². The molecule has 0 radical (unpaired) electrons. The van der Waals surface area contributed by atoms with Crippen molar-refractivity contribution >= 4 is 23.6 Å². The van der Waals surface area contributed by atoms with Crippen LogP contribution < -0.4 is 5.32 Å². The van der Waals surface area contributed by atoms with E-state index < -0.39 is 0 Å². The Balaban J connectivity index is 1.56. The van der Waals surface area contributed by atoms with Crippen LogP contribution in [-0.2, 0) is 9.59 Å². The third-order valence-electron chi connectivity index (χ3n) is 5.01. The summed E-state index contributed by atoms with van der Waals surface area (Å²) in [5.41, 5.74) is 2.43. The highest BCUT2D eigenvalue weighted by molar-refractivity contribution is 8.00. The maximum absolute atomic E-state index is 12.7. The van der Waals surface area contributed by atoms with Gasteiger partial charge in [0.05, 0.1) is 12.3 Å². The molecule has 2 heterocycles. The monoisotopic (exact) mass is 361 g/mol. The molecule has 5 nitrogen and oxygen atoms in total. The number of carbonyl (C=O) groups is 2. The fourth-order valence-corrected chi connectivity index (χ4v) is 4.56. The van der Waals surface area contributed by atoms with E-state index in [1.54, 1.807) is 11.8 Å². The number of aryl methyl sites for hydroxylation is 2. The van der Waals surface area contributed by atoms with Gasteiger partial charge in [0.15, 0.2) is 0 Å². The topological polar surface area (TPSA) is 52.7 Å². The summed E-state index contributed by atoms with van der Waals surface area (Å²) in [5.74, 6) is 0.806. The van der Waals surface area contributed by atoms with Crippen LogP contribution in [0.5, 0.6) is 0 Å². The van der Waals surface area contributed by atoms with E-state index in [1.165, 1.54) is 16.0 Å². The summed E-state index contributed by atoms with van der Waals surface area (Å²) in [6.07, 6.45) is 1.97. The van der Waals surface area contributed by atoms with Crippen LogP contribution in [-0.4, -0.2) is 66.1 Å². The number of nitrogens with zero attached hydrogens (tertiary/aromatic N) is 2. The number of piperazine rings is 1. The van der Waals surface area contributed by atoms with Gasteiger partial charge in [-0.1, -0.05) is 17.7 Å². The second kappa shape index (κ2) is 8.23. The lowest BCUT2D eigenvalue weighted by Gasteiger charge is -2.41. The highest BCUT2D eigenvalue weighted by atomic mass is 32.2. The minimum absolute atomic E-state index is 0.162. The number of nitrogens with one attached hydrogen (secondary N) is 1. The van der Waals surface area contributed by atoms with E-state index in [0.29, 0.717) is 18.8 Å². The van der Waals surface area contributed by atoms with E-state index in [1.807, 2.05) is 9.80 Å². The lowest BCUT2D eigenvalue weighted by atomic mass is 10.0. The van der Waals surface area contributed by atoms with Crippen molar-refractivity contribution in [2.24, 2.45) is 0 Å².